The zero-order valence-corrected chi connectivity index (χ0v) is 10.6. The largest absolute Gasteiger partial charge is 0.389 e. The van der Waals surface area contributed by atoms with Crippen LogP contribution in [0.2, 0.25) is 0 Å². The number of hydrogen-bond donors (Lipinski definition) is 1. The van der Waals surface area contributed by atoms with E-state index in [1.807, 2.05) is 36.4 Å². The number of rotatable bonds is 2. The van der Waals surface area contributed by atoms with Gasteiger partial charge in [-0.25, -0.2) is 0 Å². The predicted octanol–water partition coefficient (Wildman–Crippen LogP) is 2.50. The monoisotopic (exact) mass is 252 g/mol. The molecule has 4 rings (SSSR count). The number of hydrogen-bond acceptors (Lipinski definition) is 2. The summed E-state index contributed by atoms with van der Waals surface area (Å²) >= 11 is 0. The molecule has 0 amide bonds. The molecule has 0 bridgehead atoms. The summed E-state index contributed by atoms with van der Waals surface area (Å²) in [5.41, 5.74) is 2.06. The second kappa shape index (κ2) is 3.92. The number of ether oxygens (including phenoxy) is 1. The Hall–Kier alpha value is -1.64. The molecule has 19 heavy (non-hydrogen) atoms. The Morgan fingerprint density at radius 1 is 0.895 bits per heavy atom. The van der Waals surface area contributed by atoms with Crippen LogP contribution in [0.4, 0.5) is 0 Å². The second-order valence-electron chi connectivity index (χ2n) is 5.49. The molecule has 1 N–H and O–H groups in total. The summed E-state index contributed by atoms with van der Waals surface area (Å²) in [6, 6.07) is 20.6. The van der Waals surface area contributed by atoms with Crippen molar-refractivity contribution in [3.63, 3.8) is 0 Å². The van der Waals surface area contributed by atoms with E-state index in [1.54, 1.807) is 0 Å². The lowest BCUT2D eigenvalue weighted by Crippen LogP contribution is -2.40. The van der Waals surface area contributed by atoms with E-state index in [2.05, 4.69) is 24.3 Å². The average Bonchev–Trinajstić information content (AvgIpc) is 3.19. The fourth-order valence-corrected chi connectivity index (χ4v) is 3.53. The first-order valence-corrected chi connectivity index (χ1v) is 6.77. The van der Waals surface area contributed by atoms with Crippen molar-refractivity contribution in [3.05, 3.63) is 71.8 Å². The standard InChI is InChI=1S/C17H16O2/c18-16-15-14(19-15)11-17(16,12-7-3-1-4-8-12)13-9-5-2-6-10-13/h1-10,14-16,18H,11H2. The van der Waals surface area contributed by atoms with Crippen LogP contribution in [0.3, 0.4) is 0 Å². The molecule has 2 aliphatic rings. The first-order chi connectivity index (χ1) is 9.32. The lowest BCUT2D eigenvalue weighted by molar-refractivity contribution is 0.0644. The zero-order valence-electron chi connectivity index (χ0n) is 10.6. The molecule has 2 heteroatoms. The first kappa shape index (κ1) is 11.2. The first-order valence-electron chi connectivity index (χ1n) is 6.77. The van der Waals surface area contributed by atoms with E-state index < -0.39 is 6.10 Å². The topological polar surface area (TPSA) is 32.8 Å². The third-order valence-electron chi connectivity index (χ3n) is 4.54. The van der Waals surface area contributed by atoms with Crippen LogP contribution in [-0.2, 0) is 10.2 Å². The Kier molecular flexibility index (Phi) is 2.32. The Morgan fingerprint density at radius 3 is 1.84 bits per heavy atom. The molecule has 0 radical (unpaired) electrons. The predicted molar refractivity (Wildman–Crippen MR) is 72.9 cm³/mol. The minimum Gasteiger partial charge on any atom is -0.389 e. The van der Waals surface area contributed by atoms with Crippen molar-refractivity contribution in [3.8, 4) is 0 Å². The van der Waals surface area contributed by atoms with E-state index in [0.717, 1.165) is 6.42 Å². The van der Waals surface area contributed by atoms with Crippen molar-refractivity contribution < 1.29 is 9.84 Å². The molecule has 2 nitrogen and oxygen atoms in total. The van der Waals surface area contributed by atoms with Gasteiger partial charge in [0.05, 0.1) is 17.6 Å². The Bertz CT molecular complexity index is 539. The highest BCUT2D eigenvalue weighted by Gasteiger charge is 2.63. The summed E-state index contributed by atoms with van der Waals surface area (Å²) in [4.78, 5) is 0. The lowest BCUT2D eigenvalue weighted by Gasteiger charge is -2.35. The summed E-state index contributed by atoms with van der Waals surface area (Å²) in [6.07, 6.45) is 0.644. The summed E-state index contributed by atoms with van der Waals surface area (Å²) in [6.45, 7) is 0. The summed E-state index contributed by atoms with van der Waals surface area (Å²) in [5, 5.41) is 10.7. The van der Waals surface area contributed by atoms with Gasteiger partial charge in [-0.15, -0.1) is 0 Å². The van der Waals surface area contributed by atoms with Gasteiger partial charge in [0, 0.05) is 0 Å². The van der Waals surface area contributed by atoms with Crippen LogP contribution in [0.5, 0.6) is 0 Å². The van der Waals surface area contributed by atoms with Gasteiger partial charge in [-0.3, -0.25) is 0 Å². The van der Waals surface area contributed by atoms with Crippen molar-refractivity contribution in [2.45, 2.75) is 30.1 Å². The molecule has 0 aromatic heterocycles. The quantitative estimate of drug-likeness (QED) is 0.833. The van der Waals surface area contributed by atoms with Gasteiger partial charge in [0.25, 0.3) is 0 Å². The molecule has 2 aromatic rings. The van der Waals surface area contributed by atoms with Gasteiger partial charge in [0.15, 0.2) is 0 Å². The van der Waals surface area contributed by atoms with Crippen LogP contribution in [0.25, 0.3) is 0 Å². The van der Waals surface area contributed by atoms with E-state index >= 15 is 0 Å². The summed E-state index contributed by atoms with van der Waals surface area (Å²) in [5.74, 6) is 0. The van der Waals surface area contributed by atoms with Gasteiger partial charge in [-0.1, -0.05) is 60.7 Å². The average molecular weight is 252 g/mol. The summed E-state index contributed by atoms with van der Waals surface area (Å²) in [7, 11) is 0. The van der Waals surface area contributed by atoms with Crippen LogP contribution >= 0.6 is 0 Å². The van der Waals surface area contributed by atoms with E-state index in [0.29, 0.717) is 0 Å². The van der Waals surface area contributed by atoms with Crippen LogP contribution in [0.15, 0.2) is 60.7 Å². The van der Waals surface area contributed by atoms with E-state index in [9.17, 15) is 5.11 Å². The number of epoxide rings is 1. The SMILES string of the molecule is OC1C2OC2CC1(c1ccccc1)c1ccccc1. The lowest BCUT2D eigenvalue weighted by atomic mass is 9.71. The summed E-state index contributed by atoms with van der Waals surface area (Å²) < 4.78 is 5.51. The highest BCUT2D eigenvalue weighted by Crippen LogP contribution is 2.54. The number of fused-ring (bicyclic) bond motifs is 1. The molecule has 1 heterocycles. The number of aliphatic hydroxyl groups is 1. The minimum absolute atomic E-state index is 0.0143. The van der Waals surface area contributed by atoms with E-state index in [-0.39, 0.29) is 17.6 Å². The van der Waals surface area contributed by atoms with Gasteiger partial charge in [-0.2, -0.15) is 0 Å². The second-order valence-corrected chi connectivity index (χ2v) is 5.49. The van der Waals surface area contributed by atoms with Crippen molar-refractivity contribution in [1.29, 1.82) is 0 Å². The fourth-order valence-electron chi connectivity index (χ4n) is 3.53. The van der Waals surface area contributed by atoms with Gasteiger partial charge in [0.2, 0.25) is 0 Å². The number of aliphatic hydroxyl groups excluding tert-OH is 1. The van der Waals surface area contributed by atoms with Crippen LogP contribution in [0.1, 0.15) is 17.5 Å². The molecule has 0 spiro atoms. The molecule has 1 aliphatic heterocycles. The maximum absolute atomic E-state index is 10.7. The third kappa shape index (κ3) is 1.50. The molecular weight excluding hydrogens is 236 g/mol. The molecule has 1 saturated carbocycles. The smallest absolute Gasteiger partial charge is 0.111 e. The van der Waals surface area contributed by atoms with Crippen molar-refractivity contribution in [1.82, 2.24) is 0 Å². The van der Waals surface area contributed by atoms with Gasteiger partial charge in [0.1, 0.15) is 6.10 Å². The molecule has 1 aliphatic carbocycles. The van der Waals surface area contributed by atoms with Crippen LogP contribution < -0.4 is 0 Å². The normalized spacial score (nSPS) is 30.9. The minimum atomic E-state index is -0.456. The zero-order chi connectivity index (χ0) is 12.9. The molecule has 3 unspecified atom stereocenters. The maximum atomic E-state index is 10.7. The fraction of sp³-hybridized carbons (Fsp3) is 0.294. The Balaban J connectivity index is 1.90. The van der Waals surface area contributed by atoms with Gasteiger partial charge >= 0.3 is 0 Å². The molecule has 2 fully saturated rings. The molecule has 1 saturated heterocycles. The highest BCUT2D eigenvalue weighted by atomic mass is 16.6. The van der Waals surface area contributed by atoms with Crippen molar-refractivity contribution >= 4 is 0 Å². The van der Waals surface area contributed by atoms with Crippen LogP contribution in [0, 0.1) is 0 Å². The van der Waals surface area contributed by atoms with Crippen molar-refractivity contribution in [2.75, 3.05) is 0 Å². The van der Waals surface area contributed by atoms with Gasteiger partial charge < -0.3 is 9.84 Å². The van der Waals surface area contributed by atoms with Crippen LogP contribution in [-0.4, -0.2) is 23.4 Å². The molecular formula is C17H16O2. The number of benzene rings is 2. The molecule has 96 valence electrons. The highest BCUT2D eigenvalue weighted by molar-refractivity contribution is 5.45. The maximum Gasteiger partial charge on any atom is 0.111 e. The molecule has 2 aromatic carbocycles. The molecule has 3 atom stereocenters. The van der Waals surface area contributed by atoms with E-state index in [1.165, 1.54) is 11.1 Å². The Morgan fingerprint density at radius 2 is 1.42 bits per heavy atom. The Labute approximate surface area is 112 Å². The third-order valence-corrected chi connectivity index (χ3v) is 4.54. The van der Waals surface area contributed by atoms with E-state index in [4.69, 9.17) is 4.74 Å². The van der Waals surface area contributed by atoms with Crippen molar-refractivity contribution in [2.24, 2.45) is 0 Å². The van der Waals surface area contributed by atoms with Gasteiger partial charge in [-0.05, 0) is 17.5 Å².